The SMILES string of the molecule is CCCOc1cc(C)nc(NCC(C)(C)C(=O)O)n1. The van der Waals surface area contributed by atoms with Gasteiger partial charge in [0.1, 0.15) is 0 Å². The van der Waals surface area contributed by atoms with Crippen LogP contribution in [0.2, 0.25) is 0 Å². The number of rotatable bonds is 7. The molecule has 0 amide bonds. The van der Waals surface area contributed by atoms with Crippen LogP contribution >= 0.6 is 0 Å². The minimum absolute atomic E-state index is 0.249. The van der Waals surface area contributed by atoms with Crippen LogP contribution < -0.4 is 10.1 Å². The van der Waals surface area contributed by atoms with E-state index in [1.54, 1.807) is 19.9 Å². The van der Waals surface area contributed by atoms with Crippen LogP contribution in [0.15, 0.2) is 6.07 Å². The number of nitrogens with zero attached hydrogens (tertiary/aromatic N) is 2. The summed E-state index contributed by atoms with van der Waals surface area (Å²) in [5.74, 6) is 0.0283. The lowest BCUT2D eigenvalue weighted by Gasteiger charge is -2.19. The molecule has 0 unspecified atom stereocenters. The Kier molecular flexibility index (Phi) is 5.09. The van der Waals surface area contributed by atoms with Crippen molar-refractivity contribution in [1.29, 1.82) is 0 Å². The van der Waals surface area contributed by atoms with Crippen molar-refractivity contribution < 1.29 is 14.6 Å². The molecule has 0 aromatic carbocycles. The topological polar surface area (TPSA) is 84.3 Å². The maximum absolute atomic E-state index is 11.0. The summed E-state index contributed by atoms with van der Waals surface area (Å²) in [5, 5.41) is 12.0. The predicted octanol–water partition coefficient (Wildman–Crippen LogP) is 2.10. The molecule has 0 saturated heterocycles. The molecule has 0 atom stereocenters. The summed E-state index contributed by atoms with van der Waals surface area (Å²) in [7, 11) is 0. The van der Waals surface area contributed by atoms with Crippen molar-refractivity contribution in [2.45, 2.75) is 34.1 Å². The van der Waals surface area contributed by atoms with E-state index < -0.39 is 11.4 Å². The number of nitrogens with one attached hydrogen (secondary N) is 1. The zero-order valence-electron chi connectivity index (χ0n) is 11.9. The van der Waals surface area contributed by atoms with E-state index in [1.807, 2.05) is 13.8 Å². The fourth-order valence-corrected chi connectivity index (χ4v) is 1.27. The highest BCUT2D eigenvalue weighted by Crippen LogP contribution is 2.17. The lowest BCUT2D eigenvalue weighted by atomic mass is 9.94. The van der Waals surface area contributed by atoms with E-state index in [0.717, 1.165) is 12.1 Å². The second-order valence-electron chi connectivity index (χ2n) is 5.06. The molecule has 1 heterocycles. The number of hydrogen-bond donors (Lipinski definition) is 2. The van der Waals surface area contributed by atoms with Crippen LogP contribution in [0.5, 0.6) is 5.88 Å². The van der Waals surface area contributed by atoms with Crippen LogP contribution in [0.3, 0.4) is 0 Å². The molecule has 6 nitrogen and oxygen atoms in total. The van der Waals surface area contributed by atoms with Crippen LogP contribution in [-0.2, 0) is 4.79 Å². The highest BCUT2D eigenvalue weighted by atomic mass is 16.5. The van der Waals surface area contributed by atoms with Crippen molar-refractivity contribution in [1.82, 2.24) is 9.97 Å². The third-order valence-electron chi connectivity index (χ3n) is 2.55. The Morgan fingerprint density at radius 2 is 2.16 bits per heavy atom. The highest BCUT2D eigenvalue weighted by Gasteiger charge is 2.27. The largest absolute Gasteiger partial charge is 0.481 e. The van der Waals surface area contributed by atoms with Gasteiger partial charge in [-0.15, -0.1) is 0 Å². The average molecular weight is 267 g/mol. The zero-order chi connectivity index (χ0) is 14.5. The summed E-state index contributed by atoms with van der Waals surface area (Å²) in [6.45, 7) is 7.99. The first-order valence-electron chi connectivity index (χ1n) is 6.31. The van der Waals surface area contributed by atoms with Gasteiger partial charge in [-0.25, -0.2) is 4.98 Å². The summed E-state index contributed by atoms with van der Waals surface area (Å²) in [5.41, 5.74) is -0.103. The van der Waals surface area contributed by atoms with Crippen LogP contribution in [0, 0.1) is 12.3 Å². The van der Waals surface area contributed by atoms with Crippen molar-refractivity contribution in [2.75, 3.05) is 18.5 Å². The third-order valence-corrected chi connectivity index (χ3v) is 2.55. The van der Waals surface area contributed by atoms with Gasteiger partial charge in [-0.1, -0.05) is 6.92 Å². The quantitative estimate of drug-likeness (QED) is 0.787. The van der Waals surface area contributed by atoms with Crippen LogP contribution in [0.1, 0.15) is 32.9 Å². The number of aromatic nitrogens is 2. The molecule has 0 saturated carbocycles. The van der Waals surface area contributed by atoms with E-state index in [-0.39, 0.29) is 6.54 Å². The second-order valence-corrected chi connectivity index (χ2v) is 5.06. The van der Waals surface area contributed by atoms with E-state index in [2.05, 4.69) is 15.3 Å². The van der Waals surface area contributed by atoms with Gasteiger partial charge < -0.3 is 15.2 Å². The fourth-order valence-electron chi connectivity index (χ4n) is 1.27. The van der Waals surface area contributed by atoms with Crippen molar-refractivity contribution in [3.05, 3.63) is 11.8 Å². The second kappa shape index (κ2) is 6.36. The molecule has 106 valence electrons. The lowest BCUT2D eigenvalue weighted by molar-refractivity contribution is -0.146. The normalized spacial score (nSPS) is 11.2. The first kappa shape index (κ1) is 15.2. The summed E-state index contributed by atoms with van der Waals surface area (Å²) in [4.78, 5) is 19.4. The fraction of sp³-hybridized carbons (Fsp3) is 0.615. The number of aryl methyl sites for hydroxylation is 1. The van der Waals surface area contributed by atoms with Crippen molar-refractivity contribution in [2.24, 2.45) is 5.41 Å². The van der Waals surface area contributed by atoms with Gasteiger partial charge in [0, 0.05) is 18.3 Å². The molecule has 0 aliphatic rings. The van der Waals surface area contributed by atoms with Gasteiger partial charge in [-0.3, -0.25) is 4.79 Å². The monoisotopic (exact) mass is 267 g/mol. The number of ether oxygens (including phenoxy) is 1. The molecule has 1 rings (SSSR count). The molecule has 0 fully saturated rings. The first-order chi connectivity index (χ1) is 8.85. The minimum Gasteiger partial charge on any atom is -0.481 e. The molecule has 19 heavy (non-hydrogen) atoms. The number of carboxylic acid groups (broad SMARTS) is 1. The third kappa shape index (κ3) is 4.73. The Morgan fingerprint density at radius 3 is 2.74 bits per heavy atom. The molecule has 0 bridgehead atoms. The average Bonchev–Trinajstić information content (AvgIpc) is 2.33. The summed E-state index contributed by atoms with van der Waals surface area (Å²) in [6.07, 6.45) is 0.901. The molecule has 6 heteroatoms. The Hall–Kier alpha value is -1.85. The summed E-state index contributed by atoms with van der Waals surface area (Å²) in [6, 6.07) is 1.75. The molecule has 0 radical (unpaired) electrons. The van der Waals surface area contributed by atoms with E-state index in [4.69, 9.17) is 9.84 Å². The van der Waals surface area contributed by atoms with Crippen LogP contribution in [-0.4, -0.2) is 34.2 Å². The predicted molar refractivity (Wildman–Crippen MR) is 72.5 cm³/mol. The van der Waals surface area contributed by atoms with Crippen molar-refractivity contribution >= 4 is 11.9 Å². The summed E-state index contributed by atoms with van der Waals surface area (Å²) >= 11 is 0. The molecule has 1 aromatic heterocycles. The Labute approximate surface area is 113 Å². The van der Waals surface area contributed by atoms with Gasteiger partial charge in [-0.05, 0) is 27.2 Å². The van der Waals surface area contributed by atoms with Gasteiger partial charge in [0.05, 0.1) is 12.0 Å². The van der Waals surface area contributed by atoms with Gasteiger partial charge >= 0.3 is 5.97 Å². The standard InChI is InChI=1S/C13H21N3O3/c1-5-6-19-10-7-9(2)15-12(16-10)14-8-13(3,4)11(17)18/h7H,5-6,8H2,1-4H3,(H,17,18)(H,14,15,16). The molecular weight excluding hydrogens is 246 g/mol. The molecule has 1 aromatic rings. The van der Waals surface area contributed by atoms with Gasteiger partial charge in [-0.2, -0.15) is 4.98 Å². The number of carbonyl (C=O) groups is 1. The highest BCUT2D eigenvalue weighted by molar-refractivity contribution is 5.74. The van der Waals surface area contributed by atoms with E-state index in [9.17, 15) is 4.79 Å². The smallest absolute Gasteiger partial charge is 0.310 e. The Bertz CT molecular complexity index is 447. The first-order valence-corrected chi connectivity index (χ1v) is 6.31. The van der Waals surface area contributed by atoms with Crippen molar-refractivity contribution in [3.8, 4) is 5.88 Å². The van der Waals surface area contributed by atoms with Gasteiger partial charge in [0.25, 0.3) is 0 Å². The van der Waals surface area contributed by atoms with Gasteiger partial charge in [0.15, 0.2) is 0 Å². The lowest BCUT2D eigenvalue weighted by Crippen LogP contribution is -2.32. The van der Waals surface area contributed by atoms with E-state index in [1.165, 1.54) is 0 Å². The number of hydrogen-bond acceptors (Lipinski definition) is 5. The molecule has 0 aliphatic carbocycles. The van der Waals surface area contributed by atoms with E-state index in [0.29, 0.717) is 18.4 Å². The van der Waals surface area contributed by atoms with Crippen LogP contribution in [0.4, 0.5) is 5.95 Å². The molecule has 2 N–H and O–H groups in total. The Morgan fingerprint density at radius 1 is 1.47 bits per heavy atom. The number of anilines is 1. The minimum atomic E-state index is -0.877. The number of aliphatic carboxylic acids is 1. The maximum Gasteiger partial charge on any atom is 0.310 e. The maximum atomic E-state index is 11.0. The summed E-state index contributed by atoms with van der Waals surface area (Å²) < 4.78 is 5.45. The molecule has 0 spiro atoms. The Balaban J connectivity index is 2.73. The van der Waals surface area contributed by atoms with Crippen LogP contribution in [0.25, 0.3) is 0 Å². The molecule has 0 aliphatic heterocycles. The van der Waals surface area contributed by atoms with Gasteiger partial charge in [0.2, 0.25) is 11.8 Å². The number of carboxylic acids is 1. The van der Waals surface area contributed by atoms with E-state index >= 15 is 0 Å². The van der Waals surface area contributed by atoms with Crippen molar-refractivity contribution in [3.63, 3.8) is 0 Å². The zero-order valence-corrected chi connectivity index (χ0v) is 11.9. The molecular formula is C13H21N3O3.